The van der Waals surface area contributed by atoms with Gasteiger partial charge in [-0.2, -0.15) is 0 Å². The van der Waals surface area contributed by atoms with Gasteiger partial charge in [0.1, 0.15) is 11.5 Å². The summed E-state index contributed by atoms with van der Waals surface area (Å²) in [6, 6.07) is 1.73. The standard InChI is InChI=1S/C18H27N3O2/c1-13(2)17-19-9-8-16(20-17)18(22)21(11-14-5-3-6-14)12-15-7-4-10-23-15/h8-9,13-15H,3-7,10-12H2,1-2H3/t15-/m0/s1. The van der Waals surface area contributed by atoms with Gasteiger partial charge in [0, 0.05) is 31.8 Å². The number of hydrogen-bond acceptors (Lipinski definition) is 4. The summed E-state index contributed by atoms with van der Waals surface area (Å²) >= 11 is 0. The summed E-state index contributed by atoms with van der Waals surface area (Å²) in [5, 5.41) is 0. The Hall–Kier alpha value is -1.49. The van der Waals surface area contributed by atoms with Crippen LogP contribution in [0.5, 0.6) is 0 Å². The van der Waals surface area contributed by atoms with Gasteiger partial charge in [0.25, 0.3) is 5.91 Å². The molecule has 0 N–H and O–H groups in total. The van der Waals surface area contributed by atoms with Crippen LogP contribution >= 0.6 is 0 Å². The van der Waals surface area contributed by atoms with Crippen LogP contribution in [0.4, 0.5) is 0 Å². The van der Waals surface area contributed by atoms with E-state index >= 15 is 0 Å². The average molecular weight is 317 g/mol. The lowest BCUT2D eigenvalue weighted by atomic mass is 9.85. The summed E-state index contributed by atoms with van der Waals surface area (Å²) in [5.74, 6) is 1.63. The number of rotatable bonds is 6. The van der Waals surface area contributed by atoms with Crippen LogP contribution in [0.1, 0.15) is 68.2 Å². The number of ether oxygens (including phenoxy) is 1. The zero-order valence-electron chi connectivity index (χ0n) is 14.2. The SMILES string of the molecule is CC(C)c1nccc(C(=O)N(CC2CCC2)C[C@@H]2CCCO2)n1. The van der Waals surface area contributed by atoms with E-state index in [1.165, 1.54) is 19.3 Å². The smallest absolute Gasteiger partial charge is 0.272 e. The lowest BCUT2D eigenvalue weighted by Gasteiger charge is -2.33. The van der Waals surface area contributed by atoms with E-state index in [0.717, 1.165) is 31.8 Å². The van der Waals surface area contributed by atoms with Gasteiger partial charge in [-0.15, -0.1) is 0 Å². The molecule has 0 aromatic carbocycles. The van der Waals surface area contributed by atoms with Crippen LogP contribution in [0.3, 0.4) is 0 Å². The number of aromatic nitrogens is 2. The summed E-state index contributed by atoms with van der Waals surface area (Å²) in [5.41, 5.74) is 0.515. The van der Waals surface area contributed by atoms with E-state index in [4.69, 9.17) is 4.74 Å². The van der Waals surface area contributed by atoms with E-state index in [9.17, 15) is 4.79 Å². The summed E-state index contributed by atoms with van der Waals surface area (Å²) in [4.78, 5) is 23.7. The van der Waals surface area contributed by atoms with Gasteiger partial charge >= 0.3 is 0 Å². The van der Waals surface area contributed by atoms with E-state index < -0.39 is 0 Å². The Morgan fingerprint density at radius 2 is 2.13 bits per heavy atom. The topological polar surface area (TPSA) is 55.3 Å². The third kappa shape index (κ3) is 4.08. The normalized spacial score (nSPS) is 21.4. The summed E-state index contributed by atoms with van der Waals surface area (Å²) in [7, 11) is 0. The van der Waals surface area contributed by atoms with E-state index in [0.29, 0.717) is 18.2 Å². The molecule has 1 aliphatic carbocycles. The Morgan fingerprint density at radius 3 is 2.74 bits per heavy atom. The number of nitrogens with zero attached hydrogens (tertiary/aromatic N) is 3. The third-order valence-electron chi connectivity index (χ3n) is 4.85. The molecule has 1 saturated carbocycles. The van der Waals surface area contributed by atoms with Gasteiger partial charge in [-0.25, -0.2) is 9.97 Å². The van der Waals surface area contributed by atoms with Crippen LogP contribution in [0, 0.1) is 5.92 Å². The molecule has 5 nitrogen and oxygen atoms in total. The van der Waals surface area contributed by atoms with E-state index in [1.54, 1.807) is 12.3 Å². The Balaban J connectivity index is 1.73. The fourth-order valence-electron chi connectivity index (χ4n) is 3.19. The molecule has 3 rings (SSSR count). The van der Waals surface area contributed by atoms with Crippen LogP contribution in [0.25, 0.3) is 0 Å². The Morgan fingerprint density at radius 1 is 1.30 bits per heavy atom. The van der Waals surface area contributed by atoms with Gasteiger partial charge in [0.15, 0.2) is 0 Å². The molecule has 2 fully saturated rings. The molecule has 0 radical (unpaired) electrons. The molecule has 2 heterocycles. The zero-order valence-corrected chi connectivity index (χ0v) is 14.2. The van der Waals surface area contributed by atoms with Crippen LogP contribution in [-0.2, 0) is 4.74 Å². The molecule has 23 heavy (non-hydrogen) atoms. The highest BCUT2D eigenvalue weighted by Crippen LogP contribution is 2.28. The number of carbonyl (C=O) groups is 1. The predicted molar refractivity (Wildman–Crippen MR) is 88.3 cm³/mol. The first-order chi connectivity index (χ1) is 11.1. The maximum Gasteiger partial charge on any atom is 0.272 e. The minimum atomic E-state index is 0.0247. The molecular weight excluding hydrogens is 290 g/mol. The largest absolute Gasteiger partial charge is 0.376 e. The maximum absolute atomic E-state index is 13.0. The van der Waals surface area contributed by atoms with Crippen molar-refractivity contribution in [3.8, 4) is 0 Å². The predicted octanol–water partition coefficient (Wildman–Crippen LogP) is 3.02. The van der Waals surface area contributed by atoms with Crippen molar-refractivity contribution in [2.75, 3.05) is 19.7 Å². The Bertz CT molecular complexity index is 537. The fourth-order valence-corrected chi connectivity index (χ4v) is 3.19. The summed E-state index contributed by atoms with van der Waals surface area (Å²) in [6.45, 7) is 6.43. The lowest BCUT2D eigenvalue weighted by molar-refractivity contribution is 0.0443. The highest BCUT2D eigenvalue weighted by atomic mass is 16.5. The van der Waals surface area contributed by atoms with Crippen molar-refractivity contribution in [3.63, 3.8) is 0 Å². The van der Waals surface area contributed by atoms with Crippen LogP contribution < -0.4 is 0 Å². The number of amides is 1. The average Bonchev–Trinajstić information content (AvgIpc) is 3.02. The van der Waals surface area contributed by atoms with Crippen LogP contribution in [-0.4, -0.2) is 46.6 Å². The van der Waals surface area contributed by atoms with E-state index in [-0.39, 0.29) is 17.9 Å². The maximum atomic E-state index is 13.0. The van der Waals surface area contributed by atoms with Crippen LogP contribution in [0.2, 0.25) is 0 Å². The fraction of sp³-hybridized carbons (Fsp3) is 0.722. The first-order valence-electron chi connectivity index (χ1n) is 8.87. The minimum Gasteiger partial charge on any atom is -0.376 e. The second-order valence-corrected chi connectivity index (χ2v) is 7.10. The Kier molecular flexibility index (Phi) is 5.26. The Labute approximate surface area is 138 Å². The second-order valence-electron chi connectivity index (χ2n) is 7.10. The molecular formula is C18H27N3O2. The second kappa shape index (κ2) is 7.39. The highest BCUT2D eigenvalue weighted by molar-refractivity contribution is 5.92. The van der Waals surface area contributed by atoms with Gasteiger partial charge < -0.3 is 9.64 Å². The molecule has 126 valence electrons. The van der Waals surface area contributed by atoms with E-state index in [2.05, 4.69) is 9.97 Å². The van der Waals surface area contributed by atoms with Gasteiger partial charge in [0.2, 0.25) is 0 Å². The van der Waals surface area contributed by atoms with Gasteiger partial charge in [-0.1, -0.05) is 20.3 Å². The van der Waals surface area contributed by atoms with Crippen molar-refractivity contribution < 1.29 is 9.53 Å². The lowest BCUT2D eigenvalue weighted by Crippen LogP contribution is -2.42. The van der Waals surface area contributed by atoms with Gasteiger partial charge in [-0.05, 0) is 37.7 Å². The van der Waals surface area contributed by atoms with Crippen molar-refractivity contribution >= 4 is 5.91 Å². The molecule has 0 bridgehead atoms. The quantitative estimate of drug-likeness (QED) is 0.809. The molecule has 1 amide bonds. The minimum absolute atomic E-state index is 0.0247. The third-order valence-corrected chi connectivity index (χ3v) is 4.85. The first kappa shape index (κ1) is 16.4. The zero-order chi connectivity index (χ0) is 16.2. The van der Waals surface area contributed by atoms with Crippen LogP contribution in [0.15, 0.2) is 12.3 Å². The molecule has 2 aliphatic rings. The molecule has 0 unspecified atom stereocenters. The number of carbonyl (C=O) groups excluding carboxylic acids is 1. The monoisotopic (exact) mass is 317 g/mol. The molecule has 1 aromatic heterocycles. The van der Waals surface area contributed by atoms with Crippen molar-refractivity contribution in [1.82, 2.24) is 14.9 Å². The molecule has 5 heteroatoms. The van der Waals surface area contributed by atoms with Crippen molar-refractivity contribution in [1.29, 1.82) is 0 Å². The van der Waals surface area contributed by atoms with Gasteiger partial charge in [0.05, 0.1) is 6.10 Å². The summed E-state index contributed by atoms with van der Waals surface area (Å²) in [6.07, 6.45) is 7.79. The molecule has 0 spiro atoms. The van der Waals surface area contributed by atoms with Crippen molar-refractivity contribution in [2.24, 2.45) is 5.92 Å². The number of hydrogen-bond donors (Lipinski definition) is 0. The van der Waals surface area contributed by atoms with Crippen molar-refractivity contribution in [3.05, 3.63) is 23.8 Å². The van der Waals surface area contributed by atoms with E-state index in [1.807, 2.05) is 18.7 Å². The summed E-state index contributed by atoms with van der Waals surface area (Å²) < 4.78 is 5.74. The molecule has 1 aromatic rings. The first-order valence-corrected chi connectivity index (χ1v) is 8.87. The van der Waals surface area contributed by atoms with Crippen molar-refractivity contribution in [2.45, 2.75) is 58.0 Å². The van der Waals surface area contributed by atoms with Gasteiger partial charge in [-0.3, -0.25) is 4.79 Å². The molecule has 1 aliphatic heterocycles. The molecule has 1 saturated heterocycles. The highest BCUT2D eigenvalue weighted by Gasteiger charge is 2.28. The molecule has 1 atom stereocenters.